The molecule has 1 amide bonds. The lowest BCUT2D eigenvalue weighted by Crippen LogP contribution is -2.44. The van der Waals surface area contributed by atoms with Crippen LogP contribution in [0.3, 0.4) is 0 Å². The van der Waals surface area contributed by atoms with Gasteiger partial charge in [-0.05, 0) is 43.5 Å². The maximum absolute atomic E-state index is 12.5. The molecule has 1 saturated heterocycles. The van der Waals surface area contributed by atoms with E-state index in [9.17, 15) is 4.79 Å². The summed E-state index contributed by atoms with van der Waals surface area (Å²) in [5.74, 6) is 0.162. The third-order valence-electron chi connectivity index (χ3n) is 4.71. The molecule has 0 radical (unpaired) electrons. The molecule has 1 aliphatic heterocycles. The second kappa shape index (κ2) is 6.99. The zero-order chi connectivity index (χ0) is 15.4. The van der Waals surface area contributed by atoms with Crippen LogP contribution in [0, 0.1) is 0 Å². The van der Waals surface area contributed by atoms with Crippen LogP contribution in [-0.4, -0.2) is 50.1 Å². The van der Waals surface area contributed by atoms with Gasteiger partial charge < -0.3 is 15.5 Å². The van der Waals surface area contributed by atoms with E-state index in [1.807, 2.05) is 24.3 Å². The van der Waals surface area contributed by atoms with Gasteiger partial charge in [0.2, 0.25) is 5.91 Å². The quantitative estimate of drug-likeness (QED) is 0.785. The highest BCUT2D eigenvalue weighted by atomic mass is 35.5. The zero-order valence-corrected chi connectivity index (χ0v) is 13.7. The summed E-state index contributed by atoms with van der Waals surface area (Å²) in [6, 6.07) is 7.72. The molecule has 0 bridgehead atoms. The highest BCUT2D eigenvalue weighted by Gasteiger charge is 2.51. The van der Waals surface area contributed by atoms with E-state index >= 15 is 0 Å². The average molecular weight is 322 g/mol. The molecule has 2 aliphatic rings. The van der Waals surface area contributed by atoms with Gasteiger partial charge in [-0.15, -0.1) is 0 Å². The third kappa shape index (κ3) is 3.62. The lowest BCUT2D eigenvalue weighted by atomic mass is 9.95. The largest absolute Gasteiger partial charge is 0.355 e. The summed E-state index contributed by atoms with van der Waals surface area (Å²) in [4.78, 5) is 15.0. The molecule has 1 aromatic carbocycles. The SMILES string of the molecule is O=C(NCCCN1CCNCC1)C1(c2cccc(Cl)c2)CC1. The Morgan fingerprint density at radius 2 is 2.09 bits per heavy atom. The molecule has 4 nitrogen and oxygen atoms in total. The first kappa shape index (κ1) is 15.8. The van der Waals surface area contributed by atoms with Crippen molar-refractivity contribution < 1.29 is 4.79 Å². The predicted octanol–water partition coefficient (Wildman–Crippen LogP) is 1.78. The van der Waals surface area contributed by atoms with Crippen LogP contribution in [-0.2, 0) is 10.2 Å². The molecule has 2 fully saturated rings. The van der Waals surface area contributed by atoms with E-state index in [1.165, 1.54) is 0 Å². The monoisotopic (exact) mass is 321 g/mol. The minimum atomic E-state index is -0.319. The number of benzene rings is 1. The Hall–Kier alpha value is -1.10. The normalized spacial score (nSPS) is 20.6. The van der Waals surface area contributed by atoms with Crippen LogP contribution in [0.5, 0.6) is 0 Å². The molecular weight excluding hydrogens is 298 g/mol. The number of carbonyl (C=O) groups excluding carboxylic acids is 1. The number of amides is 1. The fourth-order valence-corrected chi connectivity index (χ4v) is 3.36. The van der Waals surface area contributed by atoms with Crippen molar-refractivity contribution in [3.8, 4) is 0 Å². The molecule has 0 unspecified atom stereocenters. The van der Waals surface area contributed by atoms with Crippen LogP contribution in [0.4, 0.5) is 0 Å². The van der Waals surface area contributed by atoms with E-state index in [0.29, 0.717) is 5.02 Å². The third-order valence-corrected chi connectivity index (χ3v) is 4.94. The summed E-state index contributed by atoms with van der Waals surface area (Å²) in [5.41, 5.74) is 0.736. The molecule has 1 heterocycles. The van der Waals surface area contributed by atoms with Gasteiger partial charge in [-0.2, -0.15) is 0 Å². The summed E-state index contributed by atoms with van der Waals surface area (Å²) in [7, 11) is 0. The molecule has 22 heavy (non-hydrogen) atoms. The predicted molar refractivity (Wildman–Crippen MR) is 89.3 cm³/mol. The lowest BCUT2D eigenvalue weighted by Gasteiger charge is -2.27. The molecule has 0 aromatic heterocycles. The molecule has 0 atom stereocenters. The summed E-state index contributed by atoms with van der Waals surface area (Å²) in [6.07, 6.45) is 2.87. The number of carbonyl (C=O) groups is 1. The van der Waals surface area contributed by atoms with Crippen LogP contribution in [0.15, 0.2) is 24.3 Å². The van der Waals surface area contributed by atoms with Crippen molar-refractivity contribution in [1.82, 2.24) is 15.5 Å². The summed E-state index contributed by atoms with van der Waals surface area (Å²) < 4.78 is 0. The number of halogens is 1. The zero-order valence-electron chi connectivity index (χ0n) is 12.9. The second-order valence-corrected chi connectivity index (χ2v) is 6.73. The molecule has 1 saturated carbocycles. The smallest absolute Gasteiger partial charge is 0.230 e. The lowest BCUT2D eigenvalue weighted by molar-refractivity contribution is -0.123. The summed E-state index contributed by atoms with van der Waals surface area (Å²) >= 11 is 6.05. The van der Waals surface area contributed by atoms with Crippen LogP contribution in [0.1, 0.15) is 24.8 Å². The van der Waals surface area contributed by atoms with Gasteiger partial charge in [0, 0.05) is 37.7 Å². The van der Waals surface area contributed by atoms with Crippen LogP contribution in [0.2, 0.25) is 5.02 Å². The summed E-state index contributed by atoms with van der Waals surface area (Å²) in [6.45, 7) is 6.19. The molecule has 1 aromatic rings. The molecular formula is C17H24ClN3O. The first-order chi connectivity index (χ1) is 10.7. The summed E-state index contributed by atoms with van der Waals surface area (Å²) in [5, 5.41) is 7.17. The minimum absolute atomic E-state index is 0.162. The maximum Gasteiger partial charge on any atom is 0.230 e. The van der Waals surface area contributed by atoms with Crippen LogP contribution >= 0.6 is 11.6 Å². The van der Waals surface area contributed by atoms with Gasteiger partial charge >= 0.3 is 0 Å². The van der Waals surface area contributed by atoms with Crippen LogP contribution in [0.25, 0.3) is 0 Å². The van der Waals surface area contributed by atoms with E-state index in [-0.39, 0.29) is 11.3 Å². The van der Waals surface area contributed by atoms with Crippen molar-refractivity contribution in [2.45, 2.75) is 24.7 Å². The standard InChI is InChI=1S/C17H24ClN3O/c18-15-4-1-3-14(13-15)17(5-6-17)16(22)20-7-2-10-21-11-8-19-9-12-21/h1,3-4,13,19H,2,5-12H2,(H,20,22). The first-order valence-corrected chi connectivity index (χ1v) is 8.56. The average Bonchev–Trinajstić information content (AvgIpc) is 3.34. The van der Waals surface area contributed by atoms with Gasteiger partial charge in [0.15, 0.2) is 0 Å². The van der Waals surface area contributed by atoms with Crippen molar-refractivity contribution in [3.63, 3.8) is 0 Å². The Kier molecular flexibility index (Phi) is 5.01. The van der Waals surface area contributed by atoms with E-state index < -0.39 is 0 Å². The maximum atomic E-state index is 12.5. The van der Waals surface area contributed by atoms with Gasteiger partial charge in [-0.25, -0.2) is 0 Å². The topological polar surface area (TPSA) is 44.4 Å². The van der Waals surface area contributed by atoms with Gasteiger partial charge in [0.1, 0.15) is 0 Å². The van der Waals surface area contributed by atoms with Gasteiger partial charge in [0.05, 0.1) is 5.41 Å². The Labute approximate surface area is 137 Å². The Balaban J connectivity index is 1.45. The van der Waals surface area contributed by atoms with Crippen molar-refractivity contribution in [3.05, 3.63) is 34.9 Å². The number of rotatable bonds is 6. The van der Waals surface area contributed by atoms with E-state index in [4.69, 9.17) is 11.6 Å². The van der Waals surface area contributed by atoms with Crippen molar-refractivity contribution in [1.29, 1.82) is 0 Å². The highest BCUT2D eigenvalue weighted by Crippen LogP contribution is 2.48. The van der Waals surface area contributed by atoms with Crippen LogP contribution < -0.4 is 10.6 Å². The number of nitrogens with one attached hydrogen (secondary N) is 2. The van der Waals surface area contributed by atoms with E-state index in [1.54, 1.807) is 0 Å². The second-order valence-electron chi connectivity index (χ2n) is 6.29. The molecule has 5 heteroatoms. The van der Waals surface area contributed by atoms with Crippen molar-refractivity contribution in [2.75, 3.05) is 39.3 Å². The van der Waals surface area contributed by atoms with Gasteiger partial charge in [0.25, 0.3) is 0 Å². The highest BCUT2D eigenvalue weighted by molar-refractivity contribution is 6.30. The molecule has 0 spiro atoms. The van der Waals surface area contributed by atoms with Gasteiger partial charge in [-0.1, -0.05) is 23.7 Å². The molecule has 120 valence electrons. The number of nitrogens with zero attached hydrogens (tertiary/aromatic N) is 1. The Morgan fingerprint density at radius 3 is 2.77 bits per heavy atom. The van der Waals surface area contributed by atoms with E-state index in [0.717, 1.165) is 64.1 Å². The van der Waals surface area contributed by atoms with Crippen molar-refractivity contribution >= 4 is 17.5 Å². The minimum Gasteiger partial charge on any atom is -0.355 e. The molecule has 2 N–H and O–H groups in total. The fourth-order valence-electron chi connectivity index (χ4n) is 3.17. The molecule has 3 rings (SSSR count). The van der Waals surface area contributed by atoms with Crippen molar-refractivity contribution in [2.24, 2.45) is 0 Å². The Morgan fingerprint density at radius 1 is 1.32 bits per heavy atom. The Bertz CT molecular complexity index is 524. The fraction of sp³-hybridized carbons (Fsp3) is 0.588. The van der Waals surface area contributed by atoms with E-state index in [2.05, 4.69) is 15.5 Å². The first-order valence-electron chi connectivity index (χ1n) is 8.18. The number of hydrogen-bond donors (Lipinski definition) is 2. The molecule has 1 aliphatic carbocycles. The number of piperazine rings is 1. The number of hydrogen-bond acceptors (Lipinski definition) is 3. The van der Waals surface area contributed by atoms with Gasteiger partial charge in [-0.3, -0.25) is 4.79 Å².